The zero-order chi connectivity index (χ0) is 18.6. The van der Waals surface area contributed by atoms with Crippen LogP contribution in [-0.4, -0.2) is 43.5 Å². The summed E-state index contributed by atoms with van der Waals surface area (Å²) in [5, 5.41) is 42.9. The van der Waals surface area contributed by atoms with Gasteiger partial charge in [0.05, 0.1) is 18.0 Å². The molecule has 6 nitrogen and oxygen atoms in total. The number of carbonyl (C=O) groups excluding carboxylic acids is 1. The van der Waals surface area contributed by atoms with E-state index >= 15 is 0 Å². The van der Waals surface area contributed by atoms with Crippen LogP contribution in [0.2, 0.25) is 0 Å². The summed E-state index contributed by atoms with van der Waals surface area (Å²) in [6, 6.07) is 4.84. The van der Waals surface area contributed by atoms with Gasteiger partial charge in [0.1, 0.15) is 11.5 Å². The molecule has 4 N–H and O–H groups in total. The fourth-order valence-corrected chi connectivity index (χ4v) is 6.11. The minimum Gasteiger partial charge on any atom is -0.508 e. The highest BCUT2D eigenvalue weighted by Gasteiger charge is 2.74. The number of hydrogen-bond donors (Lipinski definition) is 4. The number of aliphatic hydroxyl groups excluding tert-OH is 1. The van der Waals surface area contributed by atoms with Crippen molar-refractivity contribution in [1.82, 2.24) is 0 Å². The molecule has 1 aliphatic heterocycles. The van der Waals surface area contributed by atoms with Crippen LogP contribution >= 0.6 is 0 Å². The van der Waals surface area contributed by atoms with Crippen LogP contribution in [-0.2, 0) is 4.79 Å². The molecule has 5 rings (SSSR count). The van der Waals surface area contributed by atoms with Crippen LogP contribution in [0.1, 0.15) is 38.2 Å². The predicted molar refractivity (Wildman–Crippen MR) is 90.5 cm³/mol. The van der Waals surface area contributed by atoms with E-state index in [9.17, 15) is 25.2 Å². The number of aliphatic hydroxyl groups is 3. The maximum Gasteiger partial charge on any atom is 0.172 e. The van der Waals surface area contributed by atoms with E-state index in [1.807, 2.05) is 13.8 Å². The molecule has 6 heteroatoms. The molecule has 0 saturated heterocycles. The number of fused-ring (bicyclic) bond motifs is 5. The molecule has 1 aromatic carbocycles. The van der Waals surface area contributed by atoms with Crippen molar-refractivity contribution in [3.63, 3.8) is 0 Å². The van der Waals surface area contributed by atoms with E-state index < -0.39 is 34.4 Å². The lowest BCUT2D eigenvalue weighted by Crippen LogP contribution is -2.66. The van der Waals surface area contributed by atoms with Crippen LogP contribution in [0, 0.1) is 17.3 Å². The summed E-state index contributed by atoms with van der Waals surface area (Å²) in [5.74, 6) is -1.19. The van der Waals surface area contributed by atoms with E-state index in [0.717, 1.165) is 5.56 Å². The van der Waals surface area contributed by atoms with E-state index in [1.165, 1.54) is 12.3 Å². The topological polar surface area (TPSA) is 107 Å². The van der Waals surface area contributed by atoms with Gasteiger partial charge in [-0.1, -0.05) is 19.9 Å². The van der Waals surface area contributed by atoms with Gasteiger partial charge in [-0.3, -0.25) is 4.79 Å². The minimum absolute atomic E-state index is 0.0772. The van der Waals surface area contributed by atoms with E-state index in [4.69, 9.17) is 4.74 Å². The molecule has 0 unspecified atom stereocenters. The zero-order valence-corrected chi connectivity index (χ0v) is 14.6. The van der Waals surface area contributed by atoms with Gasteiger partial charge in [0, 0.05) is 35.5 Å². The molecule has 3 fully saturated rings. The SMILES string of the molecule is CC1(C)[C@H]2C(=COc3cc(O)ccc32)[C@]2(O)C(=O)C[C@@]3(O)C[C@H]1[C@H]2[C@H]3O. The summed E-state index contributed by atoms with van der Waals surface area (Å²) >= 11 is 0. The summed E-state index contributed by atoms with van der Waals surface area (Å²) in [7, 11) is 0. The quantitative estimate of drug-likeness (QED) is 0.556. The van der Waals surface area contributed by atoms with E-state index in [2.05, 4.69) is 0 Å². The highest BCUT2D eigenvalue weighted by Crippen LogP contribution is 2.69. The molecule has 6 atom stereocenters. The van der Waals surface area contributed by atoms with Crippen molar-refractivity contribution in [3.05, 3.63) is 35.6 Å². The van der Waals surface area contributed by atoms with Gasteiger partial charge >= 0.3 is 0 Å². The molecule has 3 aliphatic carbocycles. The maximum absolute atomic E-state index is 12.9. The fraction of sp³-hybridized carbons (Fsp3) is 0.550. The molecule has 0 amide bonds. The Hall–Kier alpha value is -1.89. The van der Waals surface area contributed by atoms with Gasteiger partial charge in [-0.2, -0.15) is 0 Å². The predicted octanol–water partition coefficient (Wildman–Crippen LogP) is 1.22. The molecule has 3 saturated carbocycles. The lowest BCUT2D eigenvalue weighted by atomic mass is 9.49. The first-order chi connectivity index (χ1) is 12.1. The van der Waals surface area contributed by atoms with Gasteiger partial charge in [-0.25, -0.2) is 0 Å². The number of phenols is 1. The van der Waals surface area contributed by atoms with Crippen molar-refractivity contribution in [2.24, 2.45) is 17.3 Å². The number of carbonyl (C=O) groups is 1. The van der Waals surface area contributed by atoms with Crippen LogP contribution in [0.4, 0.5) is 0 Å². The second-order valence-electron chi connectivity index (χ2n) is 8.92. The Kier molecular flexibility index (Phi) is 2.82. The number of benzene rings is 1. The monoisotopic (exact) mass is 358 g/mol. The van der Waals surface area contributed by atoms with Crippen LogP contribution in [0.5, 0.6) is 11.5 Å². The van der Waals surface area contributed by atoms with Crippen LogP contribution < -0.4 is 4.74 Å². The van der Waals surface area contributed by atoms with Crippen molar-refractivity contribution >= 4 is 5.78 Å². The summed E-state index contributed by atoms with van der Waals surface area (Å²) in [6.07, 6.45) is 0.258. The third-order valence-electron chi connectivity index (χ3n) is 7.34. The molecular weight excluding hydrogens is 336 g/mol. The second-order valence-corrected chi connectivity index (χ2v) is 8.92. The molecule has 26 heavy (non-hydrogen) atoms. The number of rotatable bonds is 0. The van der Waals surface area contributed by atoms with E-state index in [0.29, 0.717) is 11.3 Å². The zero-order valence-electron chi connectivity index (χ0n) is 14.6. The third-order valence-corrected chi connectivity index (χ3v) is 7.34. The molecule has 1 heterocycles. The average molecular weight is 358 g/mol. The minimum atomic E-state index is -1.84. The highest BCUT2D eigenvalue weighted by molar-refractivity contribution is 5.94. The van der Waals surface area contributed by atoms with Gasteiger partial charge in [-0.05, 0) is 23.8 Å². The first-order valence-corrected chi connectivity index (χ1v) is 8.97. The molecule has 0 spiro atoms. The number of hydrogen-bond acceptors (Lipinski definition) is 6. The fourth-order valence-electron chi connectivity index (χ4n) is 6.11. The first-order valence-electron chi connectivity index (χ1n) is 8.97. The molecule has 0 aromatic heterocycles. The molecule has 138 valence electrons. The molecule has 0 radical (unpaired) electrons. The van der Waals surface area contributed by atoms with Gasteiger partial charge in [0.15, 0.2) is 11.4 Å². The lowest BCUT2D eigenvalue weighted by molar-refractivity contribution is -0.180. The normalized spacial score (nSPS) is 44.7. The van der Waals surface area contributed by atoms with Crippen molar-refractivity contribution in [3.8, 4) is 11.5 Å². The van der Waals surface area contributed by atoms with Gasteiger partial charge in [0.2, 0.25) is 0 Å². The smallest absolute Gasteiger partial charge is 0.172 e. The van der Waals surface area contributed by atoms with E-state index in [1.54, 1.807) is 12.1 Å². The Balaban J connectivity index is 1.77. The Morgan fingerprint density at radius 3 is 2.69 bits per heavy atom. The van der Waals surface area contributed by atoms with Gasteiger partial charge in [0.25, 0.3) is 0 Å². The van der Waals surface area contributed by atoms with Gasteiger partial charge in [-0.15, -0.1) is 0 Å². The lowest BCUT2D eigenvalue weighted by Gasteiger charge is -2.57. The maximum atomic E-state index is 12.9. The highest BCUT2D eigenvalue weighted by atomic mass is 16.5. The largest absolute Gasteiger partial charge is 0.508 e. The number of aromatic hydroxyl groups is 1. The summed E-state index contributed by atoms with van der Waals surface area (Å²) in [5.41, 5.74) is -2.53. The van der Waals surface area contributed by atoms with Crippen molar-refractivity contribution < 1.29 is 30.0 Å². The number of phenolic OH excluding ortho intramolecular Hbond substituents is 1. The Morgan fingerprint density at radius 1 is 1.23 bits per heavy atom. The third kappa shape index (κ3) is 1.61. The van der Waals surface area contributed by atoms with E-state index in [-0.39, 0.29) is 30.4 Å². The molecule has 1 aromatic rings. The Morgan fingerprint density at radius 2 is 1.96 bits per heavy atom. The Bertz CT molecular complexity index is 873. The van der Waals surface area contributed by atoms with Crippen LogP contribution in [0.15, 0.2) is 30.0 Å². The number of ether oxygens (including phenoxy) is 1. The first kappa shape index (κ1) is 16.3. The Labute approximate surface area is 150 Å². The van der Waals surface area contributed by atoms with Crippen LogP contribution in [0.3, 0.4) is 0 Å². The average Bonchev–Trinajstić information content (AvgIpc) is 2.79. The molecule has 4 aliphatic rings. The van der Waals surface area contributed by atoms with Gasteiger partial charge < -0.3 is 25.2 Å². The number of Topliss-reactive ketones (excluding diaryl/α,β-unsaturated/α-hetero) is 1. The molecular formula is C20H22O6. The summed E-state index contributed by atoms with van der Waals surface area (Å²) < 4.78 is 5.66. The standard InChI is InChI=1S/C20H22O6/c1-18(2)11-6-19(24)7-14(22)20(25,16(11)17(19)23)12-8-26-13-5-9(21)3-4-10(13)15(12)18/h3-5,8,11,15-17,21,23-25H,6-7H2,1-2H3/t11-,15+,16-,17+,19-,20-/m0/s1. The molecule has 2 bridgehead atoms. The summed E-state index contributed by atoms with van der Waals surface area (Å²) in [4.78, 5) is 12.9. The summed E-state index contributed by atoms with van der Waals surface area (Å²) in [6.45, 7) is 4.08. The number of ketones is 1. The second kappa shape index (κ2) is 4.50. The van der Waals surface area contributed by atoms with Crippen LogP contribution in [0.25, 0.3) is 0 Å². The van der Waals surface area contributed by atoms with Crippen molar-refractivity contribution in [1.29, 1.82) is 0 Å². The van der Waals surface area contributed by atoms with Crippen molar-refractivity contribution in [2.75, 3.05) is 0 Å². The van der Waals surface area contributed by atoms with Crippen molar-refractivity contribution in [2.45, 2.75) is 49.9 Å².